The van der Waals surface area contributed by atoms with Crippen molar-refractivity contribution < 1.29 is 9.47 Å². The standard InChI is InChI=1S/C23H33BrN2O2/c1-5-26(6-2)13-9-12-25-16-20-14-22(27-4)23(15-21(20)24)28-17-19-11-8-7-10-18(19)3/h7-8,10-11,14-15,25H,5-6,9,12-13,16-17H2,1-4H3. The fourth-order valence-corrected chi connectivity index (χ4v) is 3.57. The van der Waals surface area contributed by atoms with Gasteiger partial charge >= 0.3 is 0 Å². The molecule has 1 N–H and O–H groups in total. The predicted molar refractivity (Wildman–Crippen MR) is 120 cm³/mol. The number of nitrogens with zero attached hydrogens (tertiary/aromatic N) is 1. The summed E-state index contributed by atoms with van der Waals surface area (Å²) >= 11 is 3.68. The van der Waals surface area contributed by atoms with Gasteiger partial charge < -0.3 is 19.7 Å². The lowest BCUT2D eigenvalue weighted by Crippen LogP contribution is -2.27. The van der Waals surface area contributed by atoms with Gasteiger partial charge in [-0.25, -0.2) is 0 Å². The first-order valence-electron chi connectivity index (χ1n) is 10.1. The minimum absolute atomic E-state index is 0.526. The second kappa shape index (κ2) is 12.1. The zero-order chi connectivity index (χ0) is 20.4. The normalized spacial score (nSPS) is 11.1. The highest BCUT2D eigenvalue weighted by molar-refractivity contribution is 9.10. The third-order valence-corrected chi connectivity index (χ3v) is 5.75. The molecular weight excluding hydrogens is 416 g/mol. The number of hydrogen-bond donors (Lipinski definition) is 1. The molecule has 5 heteroatoms. The summed E-state index contributed by atoms with van der Waals surface area (Å²) in [5, 5.41) is 3.53. The van der Waals surface area contributed by atoms with Gasteiger partial charge in [0.15, 0.2) is 11.5 Å². The fraction of sp³-hybridized carbons (Fsp3) is 0.478. The number of nitrogens with one attached hydrogen (secondary N) is 1. The maximum Gasteiger partial charge on any atom is 0.162 e. The highest BCUT2D eigenvalue weighted by atomic mass is 79.9. The number of hydrogen-bond acceptors (Lipinski definition) is 4. The molecule has 4 nitrogen and oxygen atoms in total. The Balaban J connectivity index is 1.92. The molecule has 28 heavy (non-hydrogen) atoms. The third-order valence-electron chi connectivity index (χ3n) is 5.01. The molecule has 0 aliphatic carbocycles. The van der Waals surface area contributed by atoms with Crippen molar-refractivity contribution >= 4 is 15.9 Å². The van der Waals surface area contributed by atoms with E-state index in [2.05, 4.69) is 65.1 Å². The Morgan fingerprint density at radius 2 is 1.79 bits per heavy atom. The first kappa shape index (κ1) is 22.7. The second-order valence-corrected chi connectivity index (χ2v) is 7.72. The van der Waals surface area contributed by atoms with Crippen molar-refractivity contribution in [1.29, 1.82) is 0 Å². The van der Waals surface area contributed by atoms with Crippen LogP contribution in [0.15, 0.2) is 40.9 Å². The molecule has 0 aliphatic rings. The van der Waals surface area contributed by atoms with Crippen molar-refractivity contribution in [2.24, 2.45) is 0 Å². The van der Waals surface area contributed by atoms with Crippen LogP contribution in [0.25, 0.3) is 0 Å². The van der Waals surface area contributed by atoms with E-state index in [0.29, 0.717) is 6.61 Å². The molecule has 0 bridgehead atoms. The van der Waals surface area contributed by atoms with Crippen LogP contribution in [-0.4, -0.2) is 38.2 Å². The molecule has 2 aromatic rings. The van der Waals surface area contributed by atoms with Crippen LogP contribution in [0.2, 0.25) is 0 Å². The van der Waals surface area contributed by atoms with Crippen LogP contribution in [0.1, 0.15) is 37.0 Å². The molecule has 0 spiro atoms. The zero-order valence-corrected chi connectivity index (χ0v) is 19.1. The molecular formula is C23H33BrN2O2. The van der Waals surface area contributed by atoms with Crippen LogP contribution in [0.3, 0.4) is 0 Å². The van der Waals surface area contributed by atoms with Crippen molar-refractivity contribution in [1.82, 2.24) is 10.2 Å². The molecule has 0 saturated heterocycles. The molecule has 154 valence electrons. The summed E-state index contributed by atoms with van der Waals surface area (Å²) in [6, 6.07) is 12.3. The molecule has 0 aliphatic heterocycles. The fourth-order valence-electron chi connectivity index (χ4n) is 3.10. The van der Waals surface area contributed by atoms with Gasteiger partial charge in [0.2, 0.25) is 0 Å². The van der Waals surface area contributed by atoms with Crippen molar-refractivity contribution in [3.05, 3.63) is 57.6 Å². The molecule has 0 amide bonds. The van der Waals surface area contributed by atoms with Gasteiger partial charge in [0.25, 0.3) is 0 Å². The predicted octanol–water partition coefficient (Wildman–Crippen LogP) is 5.17. The van der Waals surface area contributed by atoms with Gasteiger partial charge in [-0.3, -0.25) is 0 Å². The summed E-state index contributed by atoms with van der Waals surface area (Å²) in [4.78, 5) is 2.45. The monoisotopic (exact) mass is 448 g/mol. The summed E-state index contributed by atoms with van der Waals surface area (Å²) in [5.74, 6) is 1.51. The average Bonchev–Trinajstić information content (AvgIpc) is 2.71. The zero-order valence-electron chi connectivity index (χ0n) is 17.6. The van der Waals surface area contributed by atoms with E-state index in [1.165, 1.54) is 16.7 Å². The van der Waals surface area contributed by atoms with E-state index in [1.54, 1.807) is 7.11 Å². The Morgan fingerprint density at radius 1 is 1.04 bits per heavy atom. The van der Waals surface area contributed by atoms with Gasteiger partial charge in [0.1, 0.15) is 6.61 Å². The Bertz CT molecular complexity index is 733. The van der Waals surface area contributed by atoms with Crippen LogP contribution in [0.5, 0.6) is 11.5 Å². The molecule has 0 saturated carbocycles. The van der Waals surface area contributed by atoms with E-state index in [9.17, 15) is 0 Å². The number of methoxy groups -OCH3 is 1. The number of ether oxygens (including phenoxy) is 2. The highest BCUT2D eigenvalue weighted by Gasteiger charge is 2.11. The number of aryl methyl sites for hydroxylation is 1. The SMILES string of the molecule is CCN(CC)CCCNCc1cc(OC)c(OCc2ccccc2C)cc1Br. The number of halogens is 1. The lowest BCUT2D eigenvalue weighted by atomic mass is 10.1. The third kappa shape index (κ3) is 6.80. The summed E-state index contributed by atoms with van der Waals surface area (Å²) in [7, 11) is 1.69. The van der Waals surface area contributed by atoms with Gasteiger partial charge in [0, 0.05) is 11.0 Å². The lowest BCUT2D eigenvalue weighted by Gasteiger charge is -2.18. The molecule has 0 fully saturated rings. The highest BCUT2D eigenvalue weighted by Crippen LogP contribution is 2.34. The summed E-state index contributed by atoms with van der Waals surface area (Å²) < 4.78 is 12.6. The topological polar surface area (TPSA) is 33.7 Å². The van der Waals surface area contributed by atoms with Crippen LogP contribution in [0.4, 0.5) is 0 Å². The van der Waals surface area contributed by atoms with Crippen molar-refractivity contribution in [3.63, 3.8) is 0 Å². The molecule has 0 heterocycles. The first-order chi connectivity index (χ1) is 13.6. The van der Waals surface area contributed by atoms with Gasteiger partial charge in [-0.15, -0.1) is 0 Å². The molecule has 2 rings (SSSR count). The quantitative estimate of drug-likeness (QED) is 0.454. The molecule has 0 atom stereocenters. The van der Waals surface area contributed by atoms with Crippen molar-refractivity contribution in [2.45, 2.75) is 40.3 Å². The minimum atomic E-state index is 0.526. The van der Waals surface area contributed by atoms with E-state index in [-0.39, 0.29) is 0 Å². The van der Waals surface area contributed by atoms with Crippen LogP contribution < -0.4 is 14.8 Å². The number of benzene rings is 2. The smallest absolute Gasteiger partial charge is 0.162 e. The van der Waals surface area contributed by atoms with Crippen LogP contribution >= 0.6 is 15.9 Å². The summed E-state index contributed by atoms with van der Waals surface area (Å²) in [6.07, 6.45) is 1.15. The molecule has 0 radical (unpaired) electrons. The Hall–Kier alpha value is -1.56. The Kier molecular flexibility index (Phi) is 9.82. The molecule has 2 aromatic carbocycles. The minimum Gasteiger partial charge on any atom is -0.493 e. The van der Waals surface area contributed by atoms with Crippen LogP contribution in [0, 0.1) is 6.92 Å². The largest absolute Gasteiger partial charge is 0.493 e. The summed E-state index contributed by atoms with van der Waals surface area (Å²) in [5.41, 5.74) is 3.58. The van der Waals surface area contributed by atoms with E-state index < -0.39 is 0 Å². The van der Waals surface area contributed by atoms with Gasteiger partial charge in [-0.2, -0.15) is 0 Å². The Morgan fingerprint density at radius 3 is 2.46 bits per heavy atom. The van der Waals surface area contributed by atoms with E-state index in [4.69, 9.17) is 9.47 Å². The van der Waals surface area contributed by atoms with Gasteiger partial charge in [-0.05, 0) is 68.3 Å². The van der Waals surface area contributed by atoms with Crippen molar-refractivity contribution in [3.8, 4) is 11.5 Å². The summed E-state index contributed by atoms with van der Waals surface area (Å²) in [6.45, 7) is 12.2. The lowest BCUT2D eigenvalue weighted by molar-refractivity contribution is 0.283. The van der Waals surface area contributed by atoms with Gasteiger partial charge in [-0.1, -0.05) is 54.0 Å². The average molecular weight is 449 g/mol. The molecule has 0 aromatic heterocycles. The molecule has 0 unspecified atom stereocenters. The van der Waals surface area contributed by atoms with E-state index >= 15 is 0 Å². The maximum atomic E-state index is 6.04. The first-order valence-corrected chi connectivity index (χ1v) is 10.8. The Labute approximate surface area is 178 Å². The maximum absolute atomic E-state index is 6.04. The van der Waals surface area contributed by atoms with E-state index in [0.717, 1.165) is 55.1 Å². The number of rotatable bonds is 12. The second-order valence-electron chi connectivity index (χ2n) is 6.87. The van der Waals surface area contributed by atoms with Gasteiger partial charge in [0.05, 0.1) is 7.11 Å². The van der Waals surface area contributed by atoms with Crippen LogP contribution in [-0.2, 0) is 13.2 Å². The van der Waals surface area contributed by atoms with Crippen molar-refractivity contribution in [2.75, 3.05) is 33.3 Å². The van der Waals surface area contributed by atoms with E-state index in [1.807, 2.05) is 18.2 Å².